The van der Waals surface area contributed by atoms with Gasteiger partial charge in [0.25, 0.3) is 0 Å². The maximum Gasteiger partial charge on any atom is 0.307 e. The van der Waals surface area contributed by atoms with Crippen molar-refractivity contribution >= 4 is 32.0 Å². The van der Waals surface area contributed by atoms with E-state index in [4.69, 9.17) is 5.11 Å². The molecule has 4 N–H and O–H groups in total. The highest BCUT2D eigenvalue weighted by atomic mass is 32.2. The Labute approximate surface area is 349 Å². The normalized spacial score (nSPS) is 39.3. The van der Waals surface area contributed by atoms with Crippen molar-refractivity contribution < 1.29 is 36.6 Å². The number of hydrogen-bond donors (Lipinski definition) is 4. The number of aliphatic carboxylic acids is 2. The van der Waals surface area contributed by atoms with E-state index in [1.54, 1.807) is 0 Å². The highest BCUT2D eigenvalue weighted by Crippen LogP contribution is 2.66. The lowest BCUT2D eigenvalue weighted by molar-refractivity contribution is -0.145. The maximum absolute atomic E-state index is 12.1. The molecular formula is C45H84N2O8S2. The van der Waals surface area contributed by atoms with Crippen molar-refractivity contribution in [2.75, 3.05) is 24.6 Å². The SMILES string of the molecule is C.C.C.C.C.CCCS(=O)(=O)NCC1CC2C=CC1C2.CCCS(=O)(=O)NCC1CC2CC1C(C1C3CC(C(=O)O)C(C3)C1C)C2C.O=C(O)C1CC2C=CC1C2. The van der Waals surface area contributed by atoms with Gasteiger partial charge in [0.05, 0.1) is 23.3 Å². The van der Waals surface area contributed by atoms with E-state index < -0.39 is 32.0 Å². The van der Waals surface area contributed by atoms with E-state index in [0.717, 1.165) is 50.4 Å². The zero-order valence-corrected chi connectivity index (χ0v) is 33.2. The van der Waals surface area contributed by atoms with Crippen molar-refractivity contribution in [2.24, 2.45) is 94.7 Å². The predicted molar refractivity (Wildman–Crippen MR) is 235 cm³/mol. The third-order valence-corrected chi connectivity index (χ3v) is 18.1. The van der Waals surface area contributed by atoms with E-state index in [-0.39, 0.29) is 60.5 Å². The fraction of sp³-hybridized carbons (Fsp3) is 0.867. The van der Waals surface area contributed by atoms with Gasteiger partial charge < -0.3 is 10.2 Å². The van der Waals surface area contributed by atoms with Gasteiger partial charge in [-0.25, -0.2) is 26.3 Å². The molecule has 8 rings (SSSR count). The van der Waals surface area contributed by atoms with E-state index >= 15 is 0 Å². The largest absolute Gasteiger partial charge is 0.481 e. The molecule has 0 amide bonds. The van der Waals surface area contributed by atoms with Crippen LogP contribution in [0, 0.1) is 94.7 Å². The van der Waals surface area contributed by atoms with Gasteiger partial charge in [0.2, 0.25) is 20.0 Å². The molecule has 0 aromatic carbocycles. The van der Waals surface area contributed by atoms with Gasteiger partial charge in [-0.15, -0.1) is 0 Å². The summed E-state index contributed by atoms with van der Waals surface area (Å²) in [6.07, 6.45) is 18.8. The first-order chi connectivity index (χ1) is 24.6. The van der Waals surface area contributed by atoms with Crippen LogP contribution < -0.4 is 9.44 Å². The second kappa shape index (κ2) is 21.7. The molecule has 0 aliphatic heterocycles. The number of fused-ring (bicyclic) bond motifs is 8. The quantitative estimate of drug-likeness (QED) is 0.133. The molecule has 16 atom stereocenters. The van der Waals surface area contributed by atoms with E-state index in [0.29, 0.717) is 96.9 Å². The Morgan fingerprint density at radius 2 is 1.07 bits per heavy atom. The topological polar surface area (TPSA) is 167 Å². The van der Waals surface area contributed by atoms with Gasteiger partial charge in [-0.1, -0.05) is 89.1 Å². The molecule has 0 saturated heterocycles. The number of carbonyl (C=O) groups is 2. The molecule has 0 spiro atoms. The lowest BCUT2D eigenvalue weighted by Gasteiger charge is -2.44. The van der Waals surface area contributed by atoms with E-state index in [9.17, 15) is 31.5 Å². The summed E-state index contributed by atoms with van der Waals surface area (Å²) in [6, 6.07) is 0. The molecule has 6 fully saturated rings. The van der Waals surface area contributed by atoms with E-state index in [1.165, 1.54) is 12.8 Å². The van der Waals surface area contributed by atoms with Crippen LogP contribution >= 0.6 is 0 Å². The van der Waals surface area contributed by atoms with Crippen LogP contribution in [0.3, 0.4) is 0 Å². The summed E-state index contributed by atoms with van der Waals surface area (Å²) in [4.78, 5) is 22.1. The molecule has 12 heteroatoms. The molecule has 8 aliphatic rings. The second-order valence-corrected chi connectivity index (χ2v) is 21.8. The van der Waals surface area contributed by atoms with Crippen molar-refractivity contribution in [2.45, 2.75) is 129 Å². The Hall–Kier alpha value is -1.76. The molecule has 6 saturated carbocycles. The molecule has 8 bridgehead atoms. The highest BCUT2D eigenvalue weighted by molar-refractivity contribution is 7.89. The Balaban J connectivity index is 0.000000460. The van der Waals surface area contributed by atoms with Gasteiger partial charge in [-0.3, -0.25) is 9.59 Å². The number of carboxylic acid groups (broad SMARTS) is 2. The van der Waals surface area contributed by atoms with Crippen molar-refractivity contribution in [1.29, 1.82) is 0 Å². The van der Waals surface area contributed by atoms with Crippen LogP contribution in [-0.4, -0.2) is 63.6 Å². The van der Waals surface area contributed by atoms with Gasteiger partial charge >= 0.3 is 11.9 Å². The molecule has 57 heavy (non-hydrogen) atoms. The number of nitrogens with one attached hydrogen (secondary N) is 2. The minimum atomic E-state index is -3.14. The molecule has 0 radical (unpaired) electrons. The minimum Gasteiger partial charge on any atom is -0.481 e. The molecule has 0 aromatic rings. The van der Waals surface area contributed by atoms with E-state index in [1.807, 2.05) is 13.8 Å². The van der Waals surface area contributed by atoms with Gasteiger partial charge in [0.1, 0.15) is 0 Å². The zero-order chi connectivity index (χ0) is 37.5. The summed E-state index contributed by atoms with van der Waals surface area (Å²) in [7, 11) is -6.15. The second-order valence-electron chi connectivity index (χ2n) is 18.0. The third kappa shape index (κ3) is 11.7. The number of sulfonamides is 2. The van der Waals surface area contributed by atoms with Crippen molar-refractivity contribution in [3.8, 4) is 0 Å². The lowest BCUT2D eigenvalue weighted by Crippen LogP contribution is -2.43. The Kier molecular flexibility index (Phi) is 20.2. The summed E-state index contributed by atoms with van der Waals surface area (Å²) >= 11 is 0. The monoisotopic (exact) mass is 845 g/mol. The Morgan fingerprint density at radius 1 is 0.561 bits per heavy atom. The molecule has 334 valence electrons. The van der Waals surface area contributed by atoms with Crippen molar-refractivity contribution in [3.63, 3.8) is 0 Å². The molecule has 16 unspecified atom stereocenters. The standard InChI is InChI=1S/C21H35NO4S.C11H19NO2S.C8H10O2.5CH4/c1-4-5-27(25,26)22-10-15-6-13-7-17(15)20(11(13)2)19-12(3)16-8-14(19)9-18(16)21(23)24;1-2-5-15(13,14)12-8-11-7-9-3-4-10(11)6-9;9-8(10)7-4-5-1-2-6(7)3-5;;;;;/h11-20,22H,4-10H2,1-3H3,(H,23,24);3-4,9-12H,2,5-8H2,1H3;1-2,5-7H,3-4H2,(H,9,10);5*1H4. The average Bonchev–Trinajstić information content (AvgIpc) is 3.95. The van der Waals surface area contributed by atoms with Crippen LogP contribution in [0.1, 0.15) is 129 Å². The molecular weight excluding hydrogens is 761 g/mol. The molecule has 0 aromatic heterocycles. The maximum atomic E-state index is 12.1. The fourth-order valence-corrected chi connectivity index (χ4v) is 15.0. The smallest absolute Gasteiger partial charge is 0.307 e. The first-order valence-corrected chi connectivity index (χ1v) is 23.7. The molecule has 0 heterocycles. The van der Waals surface area contributed by atoms with Crippen LogP contribution in [-0.2, 0) is 29.6 Å². The first-order valence-electron chi connectivity index (χ1n) is 20.4. The van der Waals surface area contributed by atoms with Crippen LogP contribution in [0.15, 0.2) is 24.3 Å². The van der Waals surface area contributed by atoms with Crippen LogP contribution in [0.4, 0.5) is 0 Å². The average molecular weight is 845 g/mol. The number of rotatable bonds is 13. The molecule has 8 aliphatic carbocycles. The Morgan fingerprint density at radius 3 is 1.47 bits per heavy atom. The zero-order valence-electron chi connectivity index (χ0n) is 31.6. The van der Waals surface area contributed by atoms with Crippen LogP contribution in [0.25, 0.3) is 0 Å². The van der Waals surface area contributed by atoms with Gasteiger partial charge in [0, 0.05) is 13.1 Å². The minimum absolute atomic E-state index is 0. The van der Waals surface area contributed by atoms with Crippen molar-refractivity contribution in [3.05, 3.63) is 24.3 Å². The summed E-state index contributed by atoms with van der Waals surface area (Å²) in [6.45, 7) is 9.71. The summed E-state index contributed by atoms with van der Waals surface area (Å²) < 4.78 is 52.7. The Bertz CT molecular complexity index is 1580. The van der Waals surface area contributed by atoms with Gasteiger partial charge in [-0.05, 0) is 147 Å². The van der Waals surface area contributed by atoms with Crippen LogP contribution in [0.5, 0.6) is 0 Å². The number of allylic oxidation sites excluding steroid dienone is 4. The third-order valence-electron chi connectivity index (χ3n) is 15.0. The van der Waals surface area contributed by atoms with E-state index in [2.05, 4.69) is 47.6 Å². The predicted octanol–water partition coefficient (Wildman–Crippen LogP) is 9.21. The number of carboxylic acids is 2. The summed E-state index contributed by atoms with van der Waals surface area (Å²) in [5.74, 6) is 7.07. The fourth-order valence-electron chi connectivity index (χ4n) is 12.7. The van der Waals surface area contributed by atoms with Gasteiger partial charge in [0.15, 0.2) is 0 Å². The lowest BCUT2D eigenvalue weighted by atomic mass is 9.61. The first kappa shape index (κ1) is 53.3. The summed E-state index contributed by atoms with van der Waals surface area (Å²) in [5.41, 5.74) is 0. The highest BCUT2D eigenvalue weighted by Gasteiger charge is 2.61. The van der Waals surface area contributed by atoms with Crippen molar-refractivity contribution in [1.82, 2.24) is 9.44 Å². The van der Waals surface area contributed by atoms with Crippen LogP contribution in [0.2, 0.25) is 0 Å². The number of hydrogen-bond acceptors (Lipinski definition) is 6. The molecule has 10 nitrogen and oxygen atoms in total. The summed E-state index contributed by atoms with van der Waals surface area (Å²) in [5, 5.41) is 18.2. The van der Waals surface area contributed by atoms with Gasteiger partial charge in [-0.2, -0.15) is 0 Å².